The van der Waals surface area contributed by atoms with Gasteiger partial charge in [-0.15, -0.1) is 0 Å². The zero-order chi connectivity index (χ0) is 8.24. The molecule has 0 saturated carbocycles. The van der Waals surface area contributed by atoms with E-state index in [1.54, 1.807) is 0 Å². The monoisotopic (exact) mass is 614 g/mol. The summed E-state index contributed by atoms with van der Waals surface area (Å²) in [6.07, 6.45) is 0. The van der Waals surface area contributed by atoms with Crippen molar-refractivity contribution in [2.75, 3.05) is 0 Å². The zero-order valence-corrected chi connectivity index (χ0v) is 16.8. The van der Waals surface area contributed by atoms with Crippen LogP contribution in [0, 0.1) is 0 Å². The molecule has 0 heterocycles. The van der Waals surface area contributed by atoms with Gasteiger partial charge in [-0.25, -0.2) is 0 Å². The Balaban J connectivity index is -0.000000107. The molecule has 0 unspecified atom stereocenters. The van der Waals surface area contributed by atoms with E-state index in [1.807, 2.05) is 0 Å². The first-order chi connectivity index (χ1) is 4.83. The van der Waals surface area contributed by atoms with E-state index in [-0.39, 0.29) is 63.5 Å². The van der Waals surface area contributed by atoms with Gasteiger partial charge < -0.3 is 0 Å². The van der Waals surface area contributed by atoms with Crippen molar-refractivity contribution >= 4 is 63.5 Å². The molecule has 68 valence electrons. The van der Waals surface area contributed by atoms with Crippen LogP contribution in [0.1, 0.15) is 27.7 Å². The summed E-state index contributed by atoms with van der Waals surface area (Å²) in [5.74, 6) is 0. The summed E-state index contributed by atoms with van der Waals surface area (Å²) in [5, 5.41) is 0. The van der Waals surface area contributed by atoms with Crippen molar-refractivity contribution in [3.05, 3.63) is 0 Å². The Labute approximate surface area is 106 Å². The van der Waals surface area contributed by atoms with Gasteiger partial charge in [-0.1, -0.05) is 0 Å². The fourth-order valence-electron chi connectivity index (χ4n) is 0.447. The molecule has 0 rings (SSSR count). The quantitative estimate of drug-likeness (QED) is 0.429. The number of rotatable bonds is 4. The average Bonchev–Trinajstić information content (AvgIpc) is 1.93. The standard InChI is InChI=1S/4C2H5.2Bi.Se/c4*1-2;;;/h4*1H2,2H3;;;. The van der Waals surface area contributed by atoms with Crippen LogP contribution in [0.3, 0.4) is 0 Å². The van der Waals surface area contributed by atoms with Gasteiger partial charge in [0.1, 0.15) is 0 Å². The first kappa shape index (κ1) is 19.0. The molecule has 0 atom stereocenters. The predicted molar refractivity (Wildman–Crippen MR) is 59.2 cm³/mol. The minimum Gasteiger partial charge on any atom is 0 e. The van der Waals surface area contributed by atoms with Crippen molar-refractivity contribution in [1.29, 1.82) is 0 Å². The Morgan fingerprint density at radius 2 is 0.818 bits per heavy atom. The topological polar surface area (TPSA) is 0 Å². The minimum absolute atomic E-state index is 0. The van der Waals surface area contributed by atoms with Gasteiger partial charge in [0.05, 0.1) is 0 Å². The molecule has 0 saturated heterocycles. The minimum atomic E-state index is 0. The van der Waals surface area contributed by atoms with Crippen LogP contribution in [0.4, 0.5) is 0 Å². The van der Waals surface area contributed by atoms with Crippen LogP contribution in [-0.4, -0.2) is 63.5 Å². The zero-order valence-electron chi connectivity index (χ0n) is 8.13. The fraction of sp³-hybridized carbons (Fsp3) is 1.00. The van der Waals surface area contributed by atoms with E-state index >= 15 is 0 Å². The summed E-state index contributed by atoms with van der Waals surface area (Å²) in [6, 6.07) is 0. The van der Waals surface area contributed by atoms with Crippen molar-refractivity contribution in [3.8, 4) is 0 Å². The third kappa shape index (κ3) is 32.9. The molecule has 0 amide bonds. The van der Waals surface area contributed by atoms with E-state index in [1.165, 1.54) is 16.5 Å². The summed E-state index contributed by atoms with van der Waals surface area (Å²) >= 11 is 0.290. The van der Waals surface area contributed by atoms with E-state index in [0.29, 0.717) is 0 Å². The number of hydrogen-bond acceptors (Lipinski definition) is 0. The second-order valence-corrected chi connectivity index (χ2v) is 15.0. The SMILES string of the molecule is C[CH2][Bi][CH2]C.C[CH2][Bi][CH2]C.[Se]. The molecule has 4 radical (unpaired) electrons. The van der Waals surface area contributed by atoms with Crippen molar-refractivity contribution in [1.82, 2.24) is 0 Å². The molecule has 0 bridgehead atoms. The van der Waals surface area contributed by atoms with Crippen LogP contribution in [0.5, 0.6) is 0 Å². The fourth-order valence-corrected chi connectivity index (χ4v) is 3.92. The van der Waals surface area contributed by atoms with E-state index in [2.05, 4.69) is 27.7 Å². The van der Waals surface area contributed by atoms with Gasteiger partial charge in [0.25, 0.3) is 0 Å². The predicted octanol–water partition coefficient (Wildman–Crippen LogP) is 2.75. The van der Waals surface area contributed by atoms with Crippen LogP contribution in [0.15, 0.2) is 0 Å². The Kier molecular flexibility index (Phi) is 39.3. The summed E-state index contributed by atoms with van der Waals surface area (Å²) < 4.78 is 6.10. The van der Waals surface area contributed by atoms with Crippen molar-refractivity contribution in [2.45, 2.75) is 44.2 Å². The molecule has 0 spiro atoms. The average molecular weight is 613 g/mol. The molecule has 0 aliphatic rings. The molecule has 11 heavy (non-hydrogen) atoms. The summed E-state index contributed by atoms with van der Waals surface area (Å²) in [4.78, 5) is 0. The van der Waals surface area contributed by atoms with Gasteiger partial charge in [0, 0.05) is 17.1 Å². The van der Waals surface area contributed by atoms with Crippen LogP contribution in [0.25, 0.3) is 0 Å². The molecule has 0 nitrogen and oxygen atoms in total. The van der Waals surface area contributed by atoms with Gasteiger partial charge in [-0.05, 0) is 0 Å². The van der Waals surface area contributed by atoms with Crippen LogP contribution in [0.2, 0.25) is 16.5 Å². The van der Waals surface area contributed by atoms with Crippen molar-refractivity contribution in [2.24, 2.45) is 0 Å². The van der Waals surface area contributed by atoms with E-state index < -0.39 is 0 Å². The molecule has 0 aromatic rings. The molecule has 0 aromatic carbocycles. The molecule has 0 aromatic heterocycles. The van der Waals surface area contributed by atoms with Crippen molar-refractivity contribution in [3.63, 3.8) is 0 Å². The smallest absolute Gasteiger partial charge is 0 e. The molecule has 0 aliphatic heterocycles. The first-order valence-electron chi connectivity index (χ1n) is 4.09. The Morgan fingerprint density at radius 3 is 0.818 bits per heavy atom. The molecular weight excluding hydrogens is 593 g/mol. The molecule has 3 heteroatoms. The van der Waals surface area contributed by atoms with Crippen LogP contribution < -0.4 is 0 Å². The summed E-state index contributed by atoms with van der Waals surface area (Å²) in [7, 11) is 0. The van der Waals surface area contributed by atoms with Gasteiger partial charge >= 0.3 is 90.7 Å². The first-order valence-corrected chi connectivity index (χ1v) is 13.9. The van der Waals surface area contributed by atoms with E-state index in [4.69, 9.17) is 0 Å². The maximum atomic E-state index is 2.29. The van der Waals surface area contributed by atoms with Gasteiger partial charge in [-0.3, -0.25) is 0 Å². The van der Waals surface area contributed by atoms with Gasteiger partial charge in [-0.2, -0.15) is 0 Å². The van der Waals surface area contributed by atoms with Crippen LogP contribution >= 0.6 is 0 Å². The maximum absolute atomic E-state index is 2.29. The third-order valence-electron chi connectivity index (χ3n) is 0.894. The van der Waals surface area contributed by atoms with E-state index in [0.717, 1.165) is 0 Å². The number of hydrogen-bond donors (Lipinski definition) is 0. The largest absolute Gasteiger partial charge is 0 e. The third-order valence-corrected chi connectivity index (χ3v) is 7.85. The Hall–Kier alpha value is 2.29. The van der Waals surface area contributed by atoms with Gasteiger partial charge in [0.2, 0.25) is 0 Å². The van der Waals surface area contributed by atoms with Crippen LogP contribution in [-0.2, 0) is 0 Å². The Morgan fingerprint density at radius 1 is 0.636 bits per heavy atom. The second-order valence-electron chi connectivity index (χ2n) is 1.71. The van der Waals surface area contributed by atoms with Crippen molar-refractivity contribution < 1.29 is 0 Å². The normalized spacial score (nSPS) is 7.64. The molecule has 0 fully saturated rings. The maximum Gasteiger partial charge on any atom is 0 e. The van der Waals surface area contributed by atoms with Gasteiger partial charge in [0.15, 0.2) is 0 Å². The molecule has 0 N–H and O–H groups in total. The summed E-state index contributed by atoms with van der Waals surface area (Å²) in [5.41, 5.74) is 0. The second kappa shape index (κ2) is 22.8. The molecular formula is C8H20Bi2Se. The Bertz CT molecular complexity index is 33.1. The molecule has 0 aliphatic carbocycles. The summed E-state index contributed by atoms with van der Waals surface area (Å²) in [6.45, 7) is 9.17. The van der Waals surface area contributed by atoms with E-state index in [9.17, 15) is 0 Å².